The van der Waals surface area contributed by atoms with Gasteiger partial charge in [-0.25, -0.2) is 0 Å². The first-order chi connectivity index (χ1) is 8.71. The van der Waals surface area contributed by atoms with Gasteiger partial charge in [0.2, 0.25) is 0 Å². The standard InChI is InChI=1S/C14H21NO3/c1-4-15-13(10-14(16)17-3)11-7-6-8-12(9-11)18-5-2/h6-9,13,15H,4-5,10H2,1-3H3. The number of hydrogen-bond acceptors (Lipinski definition) is 4. The van der Waals surface area contributed by atoms with Crippen LogP contribution in [-0.2, 0) is 9.53 Å². The highest BCUT2D eigenvalue weighted by Crippen LogP contribution is 2.22. The van der Waals surface area contributed by atoms with Gasteiger partial charge in [-0.05, 0) is 31.2 Å². The molecule has 0 aliphatic rings. The number of benzene rings is 1. The number of rotatable bonds is 7. The van der Waals surface area contributed by atoms with Crippen LogP contribution in [-0.4, -0.2) is 26.2 Å². The summed E-state index contributed by atoms with van der Waals surface area (Å²) in [7, 11) is 1.40. The number of carbonyl (C=O) groups is 1. The van der Waals surface area contributed by atoms with Crippen molar-refractivity contribution in [3.05, 3.63) is 29.8 Å². The molecule has 1 aromatic carbocycles. The Morgan fingerprint density at radius 2 is 2.17 bits per heavy atom. The normalized spacial score (nSPS) is 11.9. The molecule has 4 nitrogen and oxygen atoms in total. The number of carbonyl (C=O) groups excluding carboxylic acids is 1. The van der Waals surface area contributed by atoms with Crippen molar-refractivity contribution in [1.82, 2.24) is 5.32 Å². The Hall–Kier alpha value is -1.55. The van der Waals surface area contributed by atoms with Crippen LogP contribution in [0, 0.1) is 0 Å². The van der Waals surface area contributed by atoms with E-state index < -0.39 is 0 Å². The van der Waals surface area contributed by atoms with Crippen LogP contribution in [0.15, 0.2) is 24.3 Å². The highest BCUT2D eigenvalue weighted by Gasteiger charge is 2.15. The molecule has 0 radical (unpaired) electrons. The van der Waals surface area contributed by atoms with Crippen LogP contribution >= 0.6 is 0 Å². The van der Waals surface area contributed by atoms with E-state index in [-0.39, 0.29) is 12.0 Å². The van der Waals surface area contributed by atoms with Gasteiger partial charge >= 0.3 is 5.97 Å². The van der Waals surface area contributed by atoms with Gasteiger partial charge in [-0.3, -0.25) is 4.79 Å². The average molecular weight is 251 g/mol. The van der Waals surface area contributed by atoms with E-state index in [0.29, 0.717) is 13.0 Å². The SMILES string of the molecule is CCNC(CC(=O)OC)c1cccc(OCC)c1. The molecule has 0 saturated heterocycles. The maximum atomic E-state index is 11.4. The number of esters is 1. The molecule has 0 aromatic heterocycles. The van der Waals surface area contributed by atoms with Crippen molar-refractivity contribution in [3.8, 4) is 5.75 Å². The molecular formula is C14H21NO3. The van der Waals surface area contributed by atoms with Gasteiger partial charge in [0, 0.05) is 6.04 Å². The van der Waals surface area contributed by atoms with Gasteiger partial charge in [-0.1, -0.05) is 19.1 Å². The second-order valence-electron chi connectivity index (χ2n) is 3.90. The minimum absolute atomic E-state index is 0.0390. The van der Waals surface area contributed by atoms with Gasteiger partial charge in [-0.2, -0.15) is 0 Å². The van der Waals surface area contributed by atoms with Crippen molar-refractivity contribution in [2.45, 2.75) is 26.3 Å². The second-order valence-corrected chi connectivity index (χ2v) is 3.90. The van der Waals surface area contributed by atoms with E-state index in [9.17, 15) is 4.79 Å². The Kier molecular flexibility index (Phi) is 6.22. The van der Waals surface area contributed by atoms with Crippen LogP contribution in [0.2, 0.25) is 0 Å². The summed E-state index contributed by atoms with van der Waals surface area (Å²) in [5.74, 6) is 0.602. The number of ether oxygens (including phenoxy) is 2. The molecule has 0 fully saturated rings. The number of hydrogen-bond donors (Lipinski definition) is 1. The molecule has 1 atom stereocenters. The predicted molar refractivity (Wildman–Crippen MR) is 70.7 cm³/mol. The Morgan fingerprint density at radius 3 is 2.78 bits per heavy atom. The lowest BCUT2D eigenvalue weighted by molar-refractivity contribution is -0.141. The average Bonchev–Trinajstić information content (AvgIpc) is 2.39. The molecular weight excluding hydrogens is 230 g/mol. The van der Waals surface area contributed by atoms with Crippen LogP contribution in [0.1, 0.15) is 31.9 Å². The summed E-state index contributed by atoms with van der Waals surface area (Å²) < 4.78 is 10.2. The van der Waals surface area contributed by atoms with Crippen molar-refractivity contribution in [1.29, 1.82) is 0 Å². The maximum absolute atomic E-state index is 11.4. The summed E-state index contributed by atoms with van der Waals surface area (Å²) in [5.41, 5.74) is 1.04. The molecule has 0 bridgehead atoms. The summed E-state index contributed by atoms with van der Waals surface area (Å²) in [5, 5.41) is 3.28. The van der Waals surface area contributed by atoms with Gasteiger partial charge in [0.25, 0.3) is 0 Å². The van der Waals surface area contributed by atoms with Crippen molar-refractivity contribution >= 4 is 5.97 Å². The Bertz CT molecular complexity index is 379. The molecule has 1 unspecified atom stereocenters. The van der Waals surface area contributed by atoms with Gasteiger partial charge in [0.1, 0.15) is 5.75 Å². The molecule has 0 saturated carbocycles. The molecule has 18 heavy (non-hydrogen) atoms. The molecule has 0 aliphatic heterocycles. The molecule has 4 heteroatoms. The molecule has 100 valence electrons. The minimum atomic E-state index is -0.220. The maximum Gasteiger partial charge on any atom is 0.307 e. The predicted octanol–water partition coefficient (Wildman–Crippen LogP) is 2.30. The van der Waals surface area contributed by atoms with Gasteiger partial charge in [-0.15, -0.1) is 0 Å². The van der Waals surface area contributed by atoms with Crippen molar-refractivity contribution < 1.29 is 14.3 Å². The summed E-state index contributed by atoms with van der Waals surface area (Å²) in [6.07, 6.45) is 0.319. The molecule has 0 amide bonds. The molecule has 1 rings (SSSR count). The lowest BCUT2D eigenvalue weighted by Gasteiger charge is -2.18. The van der Waals surface area contributed by atoms with Crippen LogP contribution in [0.4, 0.5) is 0 Å². The lowest BCUT2D eigenvalue weighted by atomic mass is 10.0. The Morgan fingerprint density at radius 1 is 1.39 bits per heavy atom. The third-order valence-electron chi connectivity index (χ3n) is 2.62. The fourth-order valence-corrected chi connectivity index (χ4v) is 1.79. The van der Waals surface area contributed by atoms with Gasteiger partial charge in [0.05, 0.1) is 20.1 Å². The zero-order valence-electron chi connectivity index (χ0n) is 11.2. The largest absolute Gasteiger partial charge is 0.494 e. The van der Waals surface area contributed by atoms with E-state index in [2.05, 4.69) is 5.32 Å². The number of methoxy groups -OCH3 is 1. The Balaban J connectivity index is 2.83. The van der Waals surface area contributed by atoms with Crippen molar-refractivity contribution in [2.24, 2.45) is 0 Å². The topological polar surface area (TPSA) is 47.6 Å². The van der Waals surface area contributed by atoms with Crippen LogP contribution < -0.4 is 10.1 Å². The first-order valence-electron chi connectivity index (χ1n) is 6.24. The Labute approximate surface area is 108 Å². The van der Waals surface area contributed by atoms with Crippen LogP contribution in [0.3, 0.4) is 0 Å². The van der Waals surface area contributed by atoms with E-state index in [4.69, 9.17) is 9.47 Å². The highest BCUT2D eigenvalue weighted by atomic mass is 16.5. The lowest BCUT2D eigenvalue weighted by Crippen LogP contribution is -2.24. The van der Waals surface area contributed by atoms with Crippen molar-refractivity contribution in [2.75, 3.05) is 20.3 Å². The minimum Gasteiger partial charge on any atom is -0.494 e. The first-order valence-corrected chi connectivity index (χ1v) is 6.24. The van der Waals surface area contributed by atoms with E-state index >= 15 is 0 Å². The second kappa shape index (κ2) is 7.71. The molecule has 0 aliphatic carbocycles. The van der Waals surface area contributed by atoms with Gasteiger partial charge in [0.15, 0.2) is 0 Å². The van der Waals surface area contributed by atoms with E-state index in [1.807, 2.05) is 38.1 Å². The van der Waals surface area contributed by atoms with E-state index in [1.54, 1.807) is 0 Å². The monoisotopic (exact) mass is 251 g/mol. The fraction of sp³-hybridized carbons (Fsp3) is 0.500. The van der Waals surface area contributed by atoms with Crippen LogP contribution in [0.25, 0.3) is 0 Å². The quantitative estimate of drug-likeness (QED) is 0.755. The summed E-state index contributed by atoms with van der Waals surface area (Å²) in [6, 6.07) is 7.75. The van der Waals surface area contributed by atoms with Crippen molar-refractivity contribution in [3.63, 3.8) is 0 Å². The first kappa shape index (κ1) is 14.5. The summed E-state index contributed by atoms with van der Waals surface area (Å²) >= 11 is 0. The molecule has 1 aromatic rings. The zero-order chi connectivity index (χ0) is 13.4. The highest BCUT2D eigenvalue weighted by molar-refractivity contribution is 5.70. The molecule has 0 spiro atoms. The smallest absolute Gasteiger partial charge is 0.307 e. The zero-order valence-corrected chi connectivity index (χ0v) is 11.2. The fourth-order valence-electron chi connectivity index (χ4n) is 1.79. The molecule has 0 heterocycles. The van der Waals surface area contributed by atoms with Crippen LogP contribution in [0.5, 0.6) is 5.75 Å². The number of nitrogens with one attached hydrogen (secondary N) is 1. The van der Waals surface area contributed by atoms with E-state index in [1.165, 1.54) is 7.11 Å². The summed E-state index contributed by atoms with van der Waals surface area (Å²) in [4.78, 5) is 11.4. The van der Waals surface area contributed by atoms with Gasteiger partial charge < -0.3 is 14.8 Å². The summed E-state index contributed by atoms with van der Waals surface area (Å²) in [6.45, 7) is 5.38. The van der Waals surface area contributed by atoms with E-state index in [0.717, 1.165) is 17.9 Å². The molecule has 1 N–H and O–H groups in total. The third-order valence-corrected chi connectivity index (χ3v) is 2.62. The third kappa shape index (κ3) is 4.37.